The number of benzene rings is 1. The molecule has 0 aliphatic carbocycles. The third kappa shape index (κ3) is 4.24. The van der Waals surface area contributed by atoms with Crippen LogP contribution in [-0.2, 0) is 4.79 Å². The van der Waals surface area contributed by atoms with Gasteiger partial charge in [-0.15, -0.1) is 0 Å². The quantitative estimate of drug-likeness (QED) is 0.873. The molecule has 0 spiro atoms. The van der Waals surface area contributed by atoms with E-state index in [1.807, 2.05) is 6.92 Å². The highest BCUT2D eigenvalue weighted by Gasteiger charge is 2.26. The lowest BCUT2D eigenvalue weighted by Crippen LogP contribution is -2.32. The number of halogens is 1. The molecule has 4 nitrogen and oxygen atoms in total. The molecule has 0 aromatic heterocycles. The number of amides is 1. The molecule has 0 radical (unpaired) electrons. The van der Waals surface area contributed by atoms with E-state index in [0.717, 1.165) is 5.56 Å². The maximum atomic E-state index is 12.0. The number of aryl methyl sites for hydroxylation is 1. The number of carboxylic acid groups (broad SMARTS) is 1. The molecular formula is C14H18ClNO3. The van der Waals surface area contributed by atoms with Crippen molar-refractivity contribution in [2.45, 2.75) is 27.2 Å². The summed E-state index contributed by atoms with van der Waals surface area (Å²) in [6.45, 7) is 5.40. The van der Waals surface area contributed by atoms with Crippen molar-refractivity contribution in [3.63, 3.8) is 0 Å². The van der Waals surface area contributed by atoms with Gasteiger partial charge in [-0.1, -0.05) is 17.7 Å². The first-order valence-electron chi connectivity index (χ1n) is 6.02. The van der Waals surface area contributed by atoms with E-state index in [0.29, 0.717) is 23.6 Å². The smallest absolute Gasteiger partial charge is 0.309 e. The van der Waals surface area contributed by atoms with E-state index in [1.54, 1.807) is 32.0 Å². The van der Waals surface area contributed by atoms with Crippen molar-refractivity contribution >= 4 is 23.5 Å². The fourth-order valence-electron chi connectivity index (χ4n) is 1.53. The summed E-state index contributed by atoms with van der Waals surface area (Å²) >= 11 is 5.85. The third-order valence-electron chi connectivity index (χ3n) is 3.06. The van der Waals surface area contributed by atoms with Crippen molar-refractivity contribution < 1.29 is 14.7 Å². The SMILES string of the molecule is Cc1ccc(Cl)cc1C(=O)NCCC(C)(C)C(=O)O. The molecule has 0 heterocycles. The van der Waals surface area contributed by atoms with Crippen LogP contribution in [0.3, 0.4) is 0 Å². The molecule has 5 heteroatoms. The highest BCUT2D eigenvalue weighted by Crippen LogP contribution is 2.20. The first-order chi connectivity index (χ1) is 8.74. The van der Waals surface area contributed by atoms with Gasteiger partial charge in [-0.3, -0.25) is 9.59 Å². The standard InChI is InChI=1S/C14H18ClNO3/c1-9-4-5-10(15)8-11(9)12(17)16-7-6-14(2,3)13(18)19/h4-5,8H,6-7H2,1-3H3,(H,16,17)(H,18,19). The monoisotopic (exact) mass is 283 g/mol. The van der Waals surface area contributed by atoms with Gasteiger partial charge in [0.2, 0.25) is 0 Å². The van der Waals surface area contributed by atoms with Gasteiger partial charge in [0, 0.05) is 17.1 Å². The van der Waals surface area contributed by atoms with Crippen LogP contribution >= 0.6 is 11.6 Å². The van der Waals surface area contributed by atoms with Crippen molar-refractivity contribution in [1.82, 2.24) is 5.32 Å². The van der Waals surface area contributed by atoms with Gasteiger partial charge < -0.3 is 10.4 Å². The van der Waals surface area contributed by atoms with Crippen molar-refractivity contribution in [2.24, 2.45) is 5.41 Å². The van der Waals surface area contributed by atoms with Crippen LogP contribution in [0, 0.1) is 12.3 Å². The molecule has 0 bridgehead atoms. The zero-order chi connectivity index (χ0) is 14.6. The van der Waals surface area contributed by atoms with Gasteiger partial charge in [0.05, 0.1) is 5.41 Å². The van der Waals surface area contributed by atoms with Crippen LogP contribution in [0.15, 0.2) is 18.2 Å². The molecule has 0 aliphatic heterocycles. The predicted octanol–water partition coefficient (Wildman–Crippen LogP) is 2.88. The Morgan fingerprint density at radius 1 is 1.37 bits per heavy atom. The van der Waals surface area contributed by atoms with Crippen LogP contribution in [-0.4, -0.2) is 23.5 Å². The number of aliphatic carboxylic acids is 1. The molecule has 0 atom stereocenters. The Morgan fingerprint density at radius 3 is 2.58 bits per heavy atom. The number of hydrogen-bond acceptors (Lipinski definition) is 2. The summed E-state index contributed by atoms with van der Waals surface area (Å²) in [6, 6.07) is 5.11. The zero-order valence-corrected chi connectivity index (χ0v) is 12.0. The fourth-order valence-corrected chi connectivity index (χ4v) is 1.70. The molecule has 0 saturated heterocycles. The number of nitrogens with one attached hydrogen (secondary N) is 1. The van der Waals surface area contributed by atoms with Crippen LogP contribution in [0.4, 0.5) is 0 Å². The molecule has 1 aromatic carbocycles. The summed E-state index contributed by atoms with van der Waals surface area (Å²) in [5.74, 6) is -1.11. The maximum Gasteiger partial charge on any atom is 0.309 e. The Balaban J connectivity index is 2.62. The van der Waals surface area contributed by atoms with E-state index in [-0.39, 0.29) is 5.91 Å². The lowest BCUT2D eigenvalue weighted by Gasteiger charge is -2.19. The molecule has 0 fully saturated rings. The average Bonchev–Trinajstić information content (AvgIpc) is 2.31. The first-order valence-corrected chi connectivity index (χ1v) is 6.39. The Kier molecular flexibility index (Phi) is 4.95. The second kappa shape index (κ2) is 6.06. The summed E-state index contributed by atoms with van der Waals surface area (Å²) in [4.78, 5) is 22.9. The molecule has 0 unspecified atom stereocenters. The molecule has 2 N–H and O–H groups in total. The normalized spacial score (nSPS) is 11.2. The van der Waals surface area contributed by atoms with Crippen LogP contribution in [0.25, 0.3) is 0 Å². The molecular weight excluding hydrogens is 266 g/mol. The lowest BCUT2D eigenvalue weighted by atomic mass is 9.89. The minimum absolute atomic E-state index is 0.235. The maximum absolute atomic E-state index is 12.0. The van der Waals surface area contributed by atoms with Crippen LogP contribution in [0.2, 0.25) is 5.02 Å². The first kappa shape index (κ1) is 15.5. The molecule has 1 rings (SSSR count). The van der Waals surface area contributed by atoms with Gasteiger partial charge in [-0.05, 0) is 44.9 Å². The van der Waals surface area contributed by atoms with Crippen molar-refractivity contribution in [2.75, 3.05) is 6.54 Å². The second-order valence-electron chi connectivity index (χ2n) is 5.15. The summed E-state index contributed by atoms with van der Waals surface area (Å²) in [5.41, 5.74) is 0.497. The Hall–Kier alpha value is -1.55. The Bertz CT molecular complexity index is 497. The van der Waals surface area contributed by atoms with Gasteiger partial charge in [0.15, 0.2) is 0 Å². The number of hydrogen-bond donors (Lipinski definition) is 2. The molecule has 104 valence electrons. The van der Waals surface area contributed by atoms with Gasteiger partial charge in [-0.2, -0.15) is 0 Å². The molecule has 0 aliphatic rings. The van der Waals surface area contributed by atoms with Crippen molar-refractivity contribution in [3.8, 4) is 0 Å². The van der Waals surface area contributed by atoms with E-state index in [2.05, 4.69) is 5.32 Å². The zero-order valence-electron chi connectivity index (χ0n) is 11.3. The fraction of sp³-hybridized carbons (Fsp3) is 0.429. The van der Waals surface area contributed by atoms with E-state index in [9.17, 15) is 9.59 Å². The van der Waals surface area contributed by atoms with Crippen LogP contribution in [0.1, 0.15) is 36.2 Å². The molecule has 19 heavy (non-hydrogen) atoms. The molecule has 1 amide bonds. The molecule has 0 saturated carbocycles. The second-order valence-corrected chi connectivity index (χ2v) is 5.59. The topological polar surface area (TPSA) is 66.4 Å². The predicted molar refractivity (Wildman–Crippen MR) is 74.6 cm³/mol. The van der Waals surface area contributed by atoms with Crippen LogP contribution in [0.5, 0.6) is 0 Å². The van der Waals surface area contributed by atoms with Gasteiger partial charge in [-0.25, -0.2) is 0 Å². The lowest BCUT2D eigenvalue weighted by molar-refractivity contribution is -0.147. The van der Waals surface area contributed by atoms with Gasteiger partial charge >= 0.3 is 5.97 Å². The molecule has 1 aromatic rings. The van der Waals surface area contributed by atoms with Crippen LogP contribution < -0.4 is 5.32 Å². The summed E-state index contributed by atoms with van der Waals surface area (Å²) in [5, 5.41) is 12.2. The number of carbonyl (C=O) groups excluding carboxylic acids is 1. The number of carboxylic acids is 1. The minimum atomic E-state index is -0.874. The van der Waals surface area contributed by atoms with Gasteiger partial charge in [0.1, 0.15) is 0 Å². The Morgan fingerprint density at radius 2 is 2.00 bits per heavy atom. The largest absolute Gasteiger partial charge is 0.481 e. The van der Waals surface area contributed by atoms with E-state index < -0.39 is 11.4 Å². The summed E-state index contributed by atoms with van der Waals surface area (Å²) in [7, 11) is 0. The minimum Gasteiger partial charge on any atom is -0.481 e. The number of carbonyl (C=O) groups is 2. The number of rotatable bonds is 5. The summed E-state index contributed by atoms with van der Waals surface area (Å²) in [6.07, 6.45) is 0.369. The highest BCUT2D eigenvalue weighted by molar-refractivity contribution is 6.31. The Labute approximate surface area is 117 Å². The van der Waals surface area contributed by atoms with Gasteiger partial charge in [0.25, 0.3) is 5.91 Å². The van der Waals surface area contributed by atoms with E-state index in [4.69, 9.17) is 16.7 Å². The van der Waals surface area contributed by atoms with E-state index >= 15 is 0 Å². The highest BCUT2D eigenvalue weighted by atomic mass is 35.5. The van der Waals surface area contributed by atoms with Crippen molar-refractivity contribution in [1.29, 1.82) is 0 Å². The third-order valence-corrected chi connectivity index (χ3v) is 3.29. The summed E-state index contributed by atoms with van der Waals surface area (Å²) < 4.78 is 0. The average molecular weight is 284 g/mol. The van der Waals surface area contributed by atoms with Crippen molar-refractivity contribution in [3.05, 3.63) is 34.3 Å². The van der Waals surface area contributed by atoms with E-state index in [1.165, 1.54) is 0 Å².